The van der Waals surface area contributed by atoms with E-state index in [1.54, 1.807) is 0 Å². The molecule has 42 heavy (non-hydrogen) atoms. The Morgan fingerprint density at radius 1 is 0.381 bits per heavy atom. The van der Waals surface area contributed by atoms with Gasteiger partial charge in [0.05, 0.1) is 0 Å². The maximum Gasteiger partial charge on any atom is 0.127 e. The summed E-state index contributed by atoms with van der Waals surface area (Å²) in [7, 11) is 0. The van der Waals surface area contributed by atoms with Crippen LogP contribution >= 0.6 is 0 Å². The third kappa shape index (κ3) is 18.3. The number of hydrogen-bond donors (Lipinski definition) is 0. The standard InChI is InChI=1S/C40H72N2/c1-3-5-7-9-11-13-15-17-19-21-23-25-27-32-36-42-38-37-41(40(42)39-33-29-28-30-34-39)35-31-26-24-22-20-18-16-14-12-10-8-6-4-2/h28-30,33-34,37-38,40H,3-27,31-32,35-36H2,1-2H3. The fourth-order valence-electron chi connectivity index (χ4n) is 6.73. The molecule has 0 saturated carbocycles. The number of benzene rings is 1. The van der Waals surface area contributed by atoms with Crippen molar-refractivity contribution in [1.29, 1.82) is 0 Å². The number of rotatable bonds is 30. The fourth-order valence-corrected chi connectivity index (χ4v) is 6.73. The highest BCUT2D eigenvalue weighted by molar-refractivity contribution is 5.21. The molecule has 242 valence electrons. The van der Waals surface area contributed by atoms with Crippen LogP contribution in [0.25, 0.3) is 0 Å². The van der Waals surface area contributed by atoms with E-state index in [0.717, 1.165) is 0 Å². The summed E-state index contributed by atoms with van der Waals surface area (Å²) in [4.78, 5) is 5.22. The molecule has 1 unspecified atom stereocenters. The largest absolute Gasteiger partial charge is 0.352 e. The molecule has 0 spiro atoms. The van der Waals surface area contributed by atoms with Crippen LogP contribution in [0.5, 0.6) is 0 Å². The molecule has 0 aromatic heterocycles. The van der Waals surface area contributed by atoms with E-state index in [-0.39, 0.29) is 0 Å². The molecule has 1 aliphatic rings. The highest BCUT2D eigenvalue weighted by Gasteiger charge is 2.26. The lowest BCUT2D eigenvalue weighted by Crippen LogP contribution is -2.32. The third-order valence-electron chi connectivity index (χ3n) is 9.47. The van der Waals surface area contributed by atoms with Crippen LogP contribution in [0.3, 0.4) is 0 Å². The van der Waals surface area contributed by atoms with Crippen molar-refractivity contribution in [2.45, 2.75) is 193 Å². The molecule has 0 saturated heterocycles. The van der Waals surface area contributed by atoms with Gasteiger partial charge in [0, 0.05) is 25.5 Å². The van der Waals surface area contributed by atoms with Gasteiger partial charge in [-0.05, 0) is 18.4 Å². The molecule has 1 atom stereocenters. The average Bonchev–Trinajstić information content (AvgIpc) is 3.42. The van der Waals surface area contributed by atoms with Crippen LogP contribution in [-0.2, 0) is 0 Å². The van der Waals surface area contributed by atoms with Gasteiger partial charge in [-0.15, -0.1) is 0 Å². The van der Waals surface area contributed by atoms with Gasteiger partial charge >= 0.3 is 0 Å². The summed E-state index contributed by atoms with van der Waals surface area (Å²) in [5.41, 5.74) is 1.45. The second-order valence-corrected chi connectivity index (χ2v) is 13.4. The molecule has 2 heteroatoms. The minimum atomic E-state index is 0.394. The van der Waals surface area contributed by atoms with E-state index >= 15 is 0 Å². The van der Waals surface area contributed by atoms with Gasteiger partial charge in [-0.1, -0.05) is 205 Å². The Morgan fingerprint density at radius 2 is 0.667 bits per heavy atom. The van der Waals surface area contributed by atoms with Crippen molar-refractivity contribution >= 4 is 0 Å². The molecule has 1 aromatic rings. The monoisotopic (exact) mass is 581 g/mol. The number of hydrogen-bond acceptors (Lipinski definition) is 2. The maximum absolute atomic E-state index is 2.61. The minimum Gasteiger partial charge on any atom is -0.352 e. The molecule has 2 rings (SSSR count). The van der Waals surface area contributed by atoms with E-state index in [0.29, 0.717) is 6.17 Å². The van der Waals surface area contributed by atoms with Crippen LogP contribution in [0.15, 0.2) is 42.7 Å². The Kier molecular flexibility index (Phi) is 23.7. The Balaban J connectivity index is 1.51. The van der Waals surface area contributed by atoms with Crippen LogP contribution in [0.4, 0.5) is 0 Å². The zero-order valence-corrected chi connectivity index (χ0v) is 28.5. The molecule has 0 aliphatic carbocycles. The normalized spacial score (nSPS) is 14.9. The van der Waals surface area contributed by atoms with Crippen LogP contribution in [0.1, 0.15) is 199 Å². The average molecular weight is 581 g/mol. The first-order chi connectivity index (χ1) is 20.9. The van der Waals surface area contributed by atoms with Crippen molar-refractivity contribution < 1.29 is 0 Å². The van der Waals surface area contributed by atoms with E-state index < -0.39 is 0 Å². The van der Waals surface area contributed by atoms with E-state index in [1.165, 1.54) is 192 Å². The van der Waals surface area contributed by atoms with Crippen molar-refractivity contribution in [3.63, 3.8) is 0 Å². The summed E-state index contributed by atoms with van der Waals surface area (Å²) in [6.45, 7) is 6.98. The highest BCUT2D eigenvalue weighted by Crippen LogP contribution is 2.31. The zero-order chi connectivity index (χ0) is 29.8. The van der Waals surface area contributed by atoms with E-state index in [9.17, 15) is 0 Å². The first-order valence-electron chi connectivity index (χ1n) is 19.1. The molecule has 2 nitrogen and oxygen atoms in total. The van der Waals surface area contributed by atoms with Crippen LogP contribution in [-0.4, -0.2) is 22.9 Å². The first kappa shape index (κ1) is 36.8. The summed E-state index contributed by atoms with van der Waals surface area (Å²) in [5, 5.41) is 0. The van der Waals surface area contributed by atoms with Gasteiger partial charge in [0.15, 0.2) is 0 Å². The molecule has 0 radical (unpaired) electrons. The van der Waals surface area contributed by atoms with Crippen LogP contribution in [0.2, 0.25) is 0 Å². The molecule has 0 amide bonds. The number of unbranched alkanes of at least 4 members (excludes halogenated alkanes) is 25. The summed E-state index contributed by atoms with van der Waals surface area (Å²) < 4.78 is 0. The van der Waals surface area contributed by atoms with Gasteiger partial charge in [0.25, 0.3) is 0 Å². The second kappa shape index (κ2) is 27.1. The molecule has 0 bridgehead atoms. The first-order valence-corrected chi connectivity index (χ1v) is 19.1. The Hall–Kier alpha value is -1.44. The van der Waals surface area contributed by atoms with Gasteiger partial charge in [-0.2, -0.15) is 0 Å². The molecule has 1 heterocycles. The third-order valence-corrected chi connectivity index (χ3v) is 9.47. The van der Waals surface area contributed by atoms with Crippen molar-refractivity contribution in [3.05, 3.63) is 48.3 Å². The van der Waals surface area contributed by atoms with Gasteiger partial charge in [0.2, 0.25) is 0 Å². The van der Waals surface area contributed by atoms with Crippen molar-refractivity contribution in [2.75, 3.05) is 13.1 Å². The quantitative estimate of drug-likeness (QED) is 0.0835. The molecular formula is C40H72N2. The maximum atomic E-state index is 2.61. The van der Waals surface area contributed by atoms with Crippen molar-refractivity contribution in [2.24, 2.45) is 0 Å². The van der Waals surface area contributed by atoms with E-state index in [2.05, 4.69) is 66.4 Å². The summed E-state index contributed by atoms with van der Waals surface area (Å²) in [5.74, 6) is 0. The highest BCUT2D eigenvalue weighted by atomic mass is 15.4. The van der Waals surface area contributed by atoms with E-state index in [1.807, 2.05) is 0 Å². The van der Waals surface area contributed by atoms with Crippen LogP contribution in [0, 0.1) is 0 Å². The molecule has 0 N–H and O–H groups in total. The molecular weight excluding hydrogens is 508 g/mol. The predicted molar refractivity (Wildman–Crippen MR) is 188 cm³/mol. The fraction of sp³-hybridized carbons (Fsp3) is 0.800. The van der Waals surface area contributed by atoms with Gasteiger partial charge < -0.3 is 9.80 Å². The molecule has 0 fully saturated rings. The Bertz CT molecular complexity index is 714. The van der Waals surface area contributed by atoms with Crippen molar-refractivity contribution in [1.82, 2.24) is 9.80 Å². The van der Waals surface area contributed by atoms with Gasteiger partial charge in [-0.25, -0.2) is 0 Å². The topological polar surface area (TPSA) is 6.48 Å². The lowest BCUT2D eigenvalue weighted by atomic mass is 10.0. The minimum absolute atomic E-state index is 0.394. The van der Waals surface area contributed by atoms with E-state index in [4.69, 9.17) is 0 Å². The lowest BCUT2D eigenvalue weighted by Gasteiger charge is -2.33. The SMILES string of the molecule is CCCCCCCCCCCCCCCCN1C=CN(CCCCCCCCCCCCCCC)C1c1ccccc1. The lowest BCUT2D eigenvalue weighted by molar-refractivity contribution is 0.149. The molecule has 1 aromatic carbocycles. The summed E-state index contributed by atoms with van der Waals surface area (Å²) >= 11 is 0. The second-order valence-electron chi connectivity index (χ2n) is 13.4. The van der Waals surface area contributed by atoms with Gasteiger partial charge in [-0.3, -0.25) is 0 Å². The Morgan fingerprint density at radius 3 is 0.976 bits per heavy atom. The van der Waals surface area contributed by atoms with Gasteiger partial charge in [0.1, 0.15) is 6.17 Å². The predicted octanol–water partition coefficient (Wildman–Crippen LogP) is 13.3. The molecule has 1 aliphatic heterocycles. The smallest absolute Gasteiger partial charge is 0.127 e. The summed E-state index contributed by atoms with van der Waals surface area (Å²) in [6, 6.07) is 11.2. The van der Waals surface area contributed by atoms with Crippen molar-refractivity contribution in [3.8, 4) is 0 Å². The summed E-state index contributed by atoms with van der Waals surface area (Å²) in [6.07, 6.45) is 43.6. The number of nitrogens with zero attached hydrogens (tertiary/aromatic N) is 2. The zero-order valence-electron chi connectivity index (χ0n) is 28.5. The van der Waals surface area contributed by atoms with Crippen LogP contribution < -0.4 is 0 Å². The Labute approximate surface area is 264 Å².